The van der Waals surface area contributed by atoms with Crippen LogP contribution in [0.4, 0.5) is 0 Å². The van der Waals surface area contributed by atoms with Crippen molar-refractivity contribution in [2.75, 3.05) is 13.2 Å². The molecular formula is C19H23NO4. The Morgan fingerprint density at radius 3 is 2.58 bits per heavy atom. The summed E-state index contributed by atoms with van der Waals surface area (Å²) in [4.78, 5) is 24.3. The highest BCUT2D eigenvalue weighted by Crippen LogP contribution is 2.38. The number of carbonyl (C=O) groups is 2. The van der Waals surface area contributed by atoms with Gasteiger partial charge in [-0.1, -0.05) is 29.8 Å². The molecule has 0 fully saturated rings. The minimum Gasteiger partial charge on any atom is -0.479 e. The summed E-state index contributed by atoms with van der Waals surface area (Å²) in [6, 6.07) is 7.75. The van der Waals surface area contributed by atoms with Crippen molar-refractivity contribution < 1.29 is 19.1 Å². The molecule has 24 heavy (non-hydrogen) atoms. The molecule has 0 bridgehead atoms. The van der Waals surface area contributed by atoms with Gasteiger partial charge >= 0.3 is 5.97 Å². The van der Waals surface area contributed by atoms with Crippen molar-refractivity contribution in [2.24, 2.45) is 0 Å². The van der Waals surface area contributed by atoms with Crippen molar-refractivity contribution in [2.45, 2.75) is 33.6 Å². The number of hydrogen-bond acceptors (Lipinski definition) is 5. The lowest BCUT2D eigenvalue weighted by molar-refractivity contribution is -0.138. The molecular weight excluding hydrogens is 306 g/mol. The second-order valence-electron chi connectivity index (χ2n) is 5.57. The fraction of sp³-hybridized carbons (Fsp3) is 0.368. The van der Waals surface area contributed by atoms with Gasteiger partial charge in [0, 0.05) is 5.70 Å². The van der Waals surface area contributed by atoms with Gasteiger partial charge in [0.05, 0.1) is 30.3 Å². The third-order valence-corrected chi connectivity index (χ3v) is 3.85. The Morgan fingerprint density at radius 2 is 2.00 bits per heavy atom. The average Bonchev–Trinajstić information content (AvgIpc) is 2.54. The van der Waals surface area contributed by atoms with Crippen molar-refractivity contribution in [3.05, 3.63) is 58.1 Å². The number of esters is 1. The first-order chi connectivity index (χ1) is 11.5. The third kappa shape index (κ3) is 3.50. The molecule has 0 saturated heterocycles. The number of aldehydes is 1. The summed E-state index contributed by atoms with van der Waals surface area (Å²) in [5, 5.41) is 3.03. The summed E-state index contributed by atoms with van der Waals surface area (Å²) < 4.78 is 10.8. The molecule has 1 heterocycles. The molecule has 0 amide bonds. The van der Waals surface area contributed by atoms with Crippen molar-refractivity contribution >= 4 is 12.3 Å². The fourth-order valence-corrected chi connectivity index (χ4v) is 2.87. The first-order valence-electron chi connectivity index (χ1n) is 8.07. The highest BCUT2D eigenvalue weighted by atomic mass is 16.5. The van der Waals surface area contributed by atoms with Crippen LogP contribution in [0.3, 0.4) is 0 Å². The molecule has 2 rings (SSSR count). The molecule has 0 spiro atoms. The lowest BCUT2D eigenvalue weighted by atomic mass is 9.81. The number of dihydropyridines is 1. The molecule has 1 aromatic rings. The van der Waals surface area contributed by atoms with E-state index < -0.39 is 11.9 Å². The Hall–Kier alpha value is -2.56. The van der Waals surface area contributed by atoms with Crippen molar-refractivity contribution in [3.8, 4) is 0 Å². The van der Waals surface area contributed by atoms with E-state index in [0.29, 0.717) is 29.3 Å². The molecule has 1 aliphatic heterocycles. The summed E-state index contributed by atoms with van der Waals surface area (Å²) in [5.74, 6) is -0.544. The van der Waals surface area contributed by atoms with Crippen LogP contribution in [0.1, 0.15) is 37.8 Å². The van der Waals surface area contributed by atoms with Gasteiger partial charge in [-0.25, -0.2) is 4.79 Å². The molecule has 5 heteroatoms. The van der Waals surface area contributed by atoms with E-state index in [1.807, 2.05) is 38.1 Å². The van der Waals surface area contributed by atoms with Gasteiger partial charge in [-0.05, 0) is 33.3 Å². The van der Waals surface area contributed by atoms with E-state index in [-0.39, 0.29) is 6.61 Å². The van der Waals surface area contributed by atoms with Crippen molar-refractivity contribution in [1.82, 2.24) is 5.32 Å². The number of allylic oxidation sites excluding steroid dienone is 2. The SMILES string of the molecule is CCOC(=O)C1=C(C)NC(OCC)=C(C=O)[C@@H]1c1cccc(C)c1. The van der Waals surface area contributed by atoms with E-state index in [9.17, 15) is 9.59 Å². The summed E-state index contributed by atoms with van der Waals surface area (Å²) >= 11 is 0. The Bertz CT molecular complexity index is 703. The monoisotopic (exact) mass is 329 g/mol. The van der Waals surface area contributed by atoms with Crippen LogP contribution in [-0.4, -0.2) is 25.5 Å². The molecule has 1 aliphatic rings. The summed E-state index contributed by atoms with van der Waals surface area (Å²) in [7, 11) is 0. The zero-order chi connectivity index (χ0) is 17.7. The van der Waals surface area contributed by atoms with E-state index in [1.54, 1.807) is 13.8 Å². The number of ether oxygens (including phenoxy) is 2. The second kappa shape index (κ2) is 7.81. The minimum absolute atomic E-state index is 0.272. The van der Waals surface area contributed by atoms with Crippen LogP contribution >= 0.6 is 0 Å². The summed E-state index contributed by atoms with van der Waals surface area (Å²) in [6.45, 7) is 8.05. The van der Waals surface area contributed by atoms with Gasteiger partial charge < -0.3 is 14.8 Å². The maximum absolute atomic E-state index is 12.5. The molecule has 128 valence electrons. The molecule has 0 saturated carbocycles. The predicted molar refractivity (Wildman–Crippen MR) is 91.1 cm³/mol. The first-order valence-corrected chi connectivity index (χ1v) is 8.07. The average molecular weight is 329 g/mol. The summed E-state index contributed by atoms with van der Waals surface area (Å²) in [5.41, 5.74) is 3.38. The third-order valence-electron chi connectivity index (χ3n) is 3.85. The molecule has 0 radical (unpaired) electrons. The van der Waals surface area contributed by atoms with Crippen LogP contribution in [-0.2, 0) is 19.1 Å². The number of benzene rings is 1. The van der Waals surface area contributed by atoms with Crippen LogP contribution in [0.2, 0.25) is 0 Å². The predicted octanol–water partition coefficient (Wildman–Crippen LogP) is 2.97. The van der Waals surface area contributed by atoms with E-state index in [4.69, 9.17) is 9.47 Å². The smallest absolute Gasteiger partial charge is 0.336 e. The molecule has 1 N–H and O–H groups in total. The molecule has 5 nitrogen and oxygen atoms in total. The van der Waals surface area contributed by atoms with Gasteiger partial charge in [0.2, 0.25) is 0 Å². The largest absolute Gasteiger partial charge is 0.479 e. The highest BCUT2D eigenvalue weighted by Gasteiger charge is 2.35. The van der Waals surface area contributed by atoms with Crippen LogP contribution < -0.4 is 5.32 Å². The standard InChI is InChI=1S/C19H23NO4/c1-5-23-18-15(11-21)17(14-9-7-8-12(3)10-14)16(13(4)20-18)19(22)24-6-2/h7-11,17,20H,5-6H2,1-4H3/t17-/m0/s1. The maximum Gasteiger partial charge on any atom is 0.336 e. The first kappa shape index (κ1) is 17.8. The molecule has 0 aliphatic carbocycles. The molecule has 0 unspecified atom stereocenters. The topological polar surface area (TPSA) is 64.6 Å². The van der Waals surface area contributed by atoms with Gasteiger partial charge in [0.1, 0.15) is 0 Å². The van der Waals surface area contributed by atoms with E-state index in [1.165, 1.54) is 0 Å². The second-order valence-corrected chi connectivity index (χ2v) is 5.57. The lowest BCUT2D eigenvalue weighted by Crippen LogP contribution is -2.31. The minimum atomic E-state index is -0.510. The van der Waals surface area contributed by atoms with Gasteiger partial charge in [-0.15, -0.1) is 0 Å². The van der Waals surface area contributed by atoms with Crippen molar-refractivity contribution in [1.29, 1.82) is 0 Å². The number of rotatable bonds is 6. The van der Waals surface area contributed by atoms with E-state index in [0.717, 1.165) is 17.4 Å². The molecule has 0 aromatic heterocycles. The quantitative estimate of drug-likeness (QED) is 0.642. The van der Waals surface area contributed by atoms with Gasteiger partial charge in [0.25, 0.3) is 0 Å². The number of hydrogen-bond donors (Lipinski definition) is 1. The van der Waals surface area contributed by atoms with E-state index >= 15 is 0 Å². The number of nitrogens with one attached hydrogen (secondary N) is 1. The fourth-order valence-electron chi connectivity index (χ4n) is 2.87. The molecule has 1 atom stereocenters. The van der Waals surface area contributed by atoms with Gasteiger partial charge in [0.15, 0.2) is 12.2 Å². The van der Waals surface area contributed by atoms with Gasteiger partial charge in [-0.3, -0.25) is 4.79 Å². The zero-order valence-corrected chi connectivity index (χ0v) is 14.5. The Labute approximate surface area is 142 Å². The lowest BCUT2D eigenvalue weighted by Gasteiger charge is -2.29. The Balaban J connectivity index is 2.63. The van der Waals surface area contributed by atoms with Crippen LogP contribution in [0, 0.1) is 6.92 Å². The van der Waals surface area contributed by atoms with E-state index in [2.05, 4.69) is 5.32 Å². The maximum atomic E-state index is 12.5. The van der Waals surface area contributed by atoms with Crippen molar-refractivity contribution in [3.63, 3.8) is 0 Å². The summed E-state index contributed by atoms with van der Waals surface area (Å²) in [6.07, 6.45) is 0.747. The Morgan fingerprint density at radius 1 is 1.25 bits per heavy atom. The van der Waals surface area contributed by atoms with Crippen LogP contribution in [0.5, 0.6) is 0 Å². The zero-order valence-electron chi connectivity index (χ0n) is 14.5. The number of aryl methyl sites for hydroxylation is 1. The van der Waals surface area contributed by atoms with Crippen LogP contribution in [0.25, 0.3) is 0 Å². The number of carbonyl (C=O) groups excluding carboxylic acids is 2. The molecule has 1 aromatic carbocycles. The Kier molecular flexibility index (Phi) is 5.79. The normalized spacial score (nSPS) is 17.4. The van der Waals surface area contributed by atoms with Crippen LogP contribution in [0.15, 0.2) is 47.0 Å². The highest BCUT2D eigenvalue weighted by molar-refractivity contribution is 5.95. The van der Waals surface area contributed by atoms with Gasteiger partial charge in [-0.2, -0.15) is 0 Å².